The number of nitrogens with one attached hydrogen (secondary N) is 1. The van der Waals surface area contributed by atoms with Crippen LogP contribution in [0, 0.1) is 0 Å². The van der Waals surface area contributed by atoms with Crippen LogP contribution in [0.15, 0.2) is 35.0 Å². The largest absolute Gasteiger partial charge is 0.418 e. The Bertz CT molecular complexity index is 624. The van der Waals surface area contributed by atoms with Crippen LogP contribution in [0.5, 0.6) is 0 Å². The Morgan fingerprint density at radius 2 is 2.05 bits per heavy atom. The molecule has 0 bridgehead atoms. The van der Waals surface area contributed by atoms with Crippen molar-refractivity contribution in [3.8, 4) is 0 Å². The first-order chi connectivity index (χ1) is 9.88. The van der Waals surface area contributed by atoms with Crippen LogP contribution in [-0.4, -0.2) is 12.5 Å². The van der Waals surface area contributed by atoms with Gasteiger partial charge in [0.15, 0.2) is 0 Å². The molecule has 1 heterocycles. The smallest absolute Gasteiger partial charge is 0.398 e. The van der Waals surface area contributed by atoms with Gasteiger partial charge in [-0.05, 0) is 47.0 Å². The molecule has 7 heteroatoms. The number of nitrogens with two attached hydrogens (primary N) is 1. The third-order valence-corrected chi connectivity index (χ3v) is 3.63. The molecular weight excluding hydrogens is 301 g/mol. The van der Waals surface area contributed by atoms with Gasteiger partial charge in [-0.1, -0.05) is 0 Å². The fourth-order valence-corrected chi connectivity index (χ4v) is 2.50. The van der Waals surface area contributed by atoms with Gasteiger partial charge in [-0.15, -0.1) is 0 Å². The Labute approximate surface area is 123 Å². The summed E-state index contributed by atoms with van der Waals surface area (Å²) in [5.74, 6) is -0.546. The Balaban J connectivity index is 2.02. The predicted molar refractivity (Wildman–Crippen MR) is 76.2 cm³/mol. The van der Waals surface area contributed by atoms with Crippen molar-refractivity contribution in [3.63, 3.8) is 0 Å². The highest BCUT2D eigenvalue weighted by atomic mass is 32.1. The van der Waals surface area contributed by atoms with Crippen molar-refractivity contribution < 1.29 is 18.0 Å². The van der Waals surface area contributed by atoms with Gasteiger partial charge in [0.1, 0.15) is 0 Å². The van der Waals surface area contributed by atoms with Crippen molar-refractivity contribution >= 4 is 22.9 Å². The van der Waals surface area contributed by atoms with E-state index in [-0.39, 0.29) is 5.56 Å². The van der Waals surface area contributed by atoms with Gasteiger partial charge in [-0.3, -0.25) is 4.79 Å². The van der Waals surface area contributed by atoms with Gasteiger partial charge in [0.2, 0.25) is 0 Å². The number of halogens is 3. The molecule has 0 unspecified atom stereocenters. The molecule has 0 radical (unpaired) electrons. The van der Waals surface area contributed by atoms with E-state index in [1.165, 1.54) is 6.07 Å². The second-order valence-corrected chi connectivity index (χ2v) is 5.22. The Morgan fingerprint density at radius 1 is 1.29 bits per heavy atom. The van der Waals surface area contributed by atoms with E-state index >= 15 is 0 Å². The van der Waals surface area contributed by atoms with E-state index in [1.807, 2.05) is 16.8 Å². The number of rotatable bonds is 4. The highest BCUT2D eigenvalue weighted by Crippen LogP contribution is 2.33. The molecule has 0 aliphatic carbocycles. The zero-order valence-corrected chi connectivity index (χ0v) is 11.7. The normalized spacial score (nSPS) is 11.4. The van der Waals surface area contributed by atoms with Crippen molar-refractivity contribution in [2.45, 2.75) is 12.6 Å². The van der Waals surface area contributed by atoms with Crippen LogP contribution >= 0.6 is 11.3 Å². The molecule has 0 saturated carbocycles. The lowest BCUT2D eigenvalue weighted by Crippen LogP contribution is -2.26. The second-order valence-electron chi connectivity index (χ2n) is 4.44. The lowest BCUT2D eigenvalue weighted by molar-refractivity contribution is -0.136. The van der Waals surface area contributed by atoms with E-state index < -0.39 is 23.3 Å². The van der Waals surface area contributed by atoms with Crippen molar-refractivity contribution in [2.24, 2.45) is 0 Å². The van der Waals surface area contributed by atoms with E-state index in [4.69, 9.17) is 5.73 Å². The third kappa shape index (κ3) is 3.98. The van der Waals surface area contributed by atoms with E-state index in [1.54, 1.807) is 11.3 Å². The summed E-state index contributed by atoms with van der Waals surface area (Å²) in [4.78, 5) is 11.8. The average Bonchev–Trinajstić information content (AvgIpc) is 2.91. The Kier molecular flexibility index (Phi) is 4.52. The van der Waals surface area contributed by atoms with E-state index in [9.17, 15) is 18.0 Å². The van der Waals surface area contributed by atoms with Crippen LogP contribution in [0.3, 0.4) is 0 Å². The lowest BCUT2D eigenvalue weighted by atomic mass is 10.1. The number of thiophene rings is 1. The van der Waals surface area contributed by atoms with E-state index in [0.29, 0.717) is 13.0 Å². The molecule has 1 aromatic heterocycles. The number of carbonyl (C=O) groups excluding carboxylic acids is 1. The van der Waals surface area contributed by atoms with Crippen molar-refractivity contribution in [1.82, 2.24) is 5.32 Å². The molecule has 0 aliphatic heterocycles. The van der Waals surface area contributed by atoms with Crippen LogP contribution < -0.4 is 11.1 Å². The number of anilines is 1. The van der Waals surface area contributed by atoms with Crippen molar-refractivity contribution in [2.75, 3.05) is 12.3 Å². The summed E-state index contributed by atoms with van der Waals surface area (Å²) in [5.41, 5.74) is 4.93. The molecule has 2 aromatic rings. The van der Waals surface area contributed by atoms with Gasteiger partial charge in [0.05, 0.1) is 5.56 Å². The quantitative estimate of drug-likeness (QED) is 0.851. The third-order valence-electron chi connectivity index (χ3n) is 2.90. The lowest BCUT2D eigenvalue weighted by Gasteiger charge is -2.11. The minimum Gasteiger partial charge on any atom is -0.398 e. The van der Waals surface area contributed by atoms with Crippen LogP contribution in [-0.2, 0) is 12.6 Å². The van der Waals surface area contributed by atoms with Gasteiger partial charge in [-0.25, -0.2) is 0 Å². The molecule has 0 atom stereocenters. The molecule has 0 aliphatic rings. The summed E-state index contributed by atoms with van der Waals surface area (Å²) < 4.78 is 38.2. The summed E-state index contributed by atoms with van der Waals surface area (Å²) in [7, 11) is 0. The maximum atomic E-state index is 12.7. The van der Waals surface area contributed by atoms with Crippen molar-refractivity contribution in [1.29, 1.82) is 0 Å². The predicted octanol–water partition coefficient (Wildman–Crippen LogP) is 3.32. The zero-order valence-electron chi connectivity index (χ0n) is 10.9. The number of nitrogen functional groups attached to an aromatic ring is 1. The maximum Gasteiger partial charge on any atom is 0.418 e. The van der Waals surface area contributed by atoms with Gasteiger partial charge < -0.3 is 11.1 Å². The van der Waals surface area contributed by atoms with Gasteiger partial charge in [-0.2, -0.15) is 24.5 Å². The molecule has 21 heavy (non-hydrogen) atoms. The summed E-state index contributed by atoms with van der Waals surface area (Å²) >= 11 is 1.55. The fraction of sp³-hybridized carbons (Fsp3) is 0.214. The summed E-state index contributed by atoms with van der Waals surface area (Å²) in [5, 5.41) is 6.47. The number of amides is 1. The second kappa shape index (κ2) is 6.17. The van der Waals surface area contributed by atoms with E-state index in [0.717, 1.165) is 17.7 Å². The average molecular weight is 314 g/mol. The number of hydrogen-bond acceptors (Lipinski definition) is 3. The fourth-order valence-electron chi connectivity index (χ4n) is 1.80. The SMILES string of the molecule is Nc1ccc(C(=O)NCCc2ccsc2)cc1C(F)(F)F. The maximum absolute atomic E-state index is 12.7. The van der Waals surface area contributed by atoms with Gasteiger partial charge in [0, 0.05) is 17.8 Å². The summed E-state index contributed by atoms with van der Waals surface area (Å²) in [6.45, 7) is 0.362. The molecule has 0 saturated heterocycles. The molecule has 0 spiro atoms. The number of alkyl halides is 3. The minimum absolute atomic E-state index is 0.0538. The zero-order chi connectivity index (χ0) is 15.5. The highest BCUT2D eigenvalue weighted by Gasteiger charge is 2.33. The topological polar surface area (TPSA) is 55.1 Å². The summed E-state index contributed by atoms with van der Waals surface area (Å²) in [6.07, 6.45) is -3.94. The number of hydrogen-bond donors (Lipinski definition) is 2. The number of benzene rings is 1. The first kappa shape index (κ1) is 15.4. The van der Waals surface area contributed by atoms with Crippen LogP contribution in [0.2, 0.25) is 0 Å². The van der Waals surface area contributed by atoms with Gasteiger partial charge in [0.25, 0.3) is 5.91 Å². The molecule has 3 nitrogen and oxygen atoms in total. The Hall–Kier alpha value is -2.02. The Morgan fingerprint density at radius 3 is 2.67 bits per heavy atom. The van der Waals surface area contributed by atoms with Gasteiger partial charge >= 0.3 is 6.18 Å². The standard InChI is InChI=1S/C14H13F3N2OS/c15-14(16,17)11-7-10(1-2-12(11)18)13(20)19-5-3-9-4-6-21-8-9/h1-2,4,6-8H,3,5,18H2,(H,19,20). The molecule has 3 N–H and O–H groups in total. The summed E-state index contributed by atoms with van der Waals surface area (Å²) in [6, 6.07) is 5.08. The molecule has 2 rings (SSSR count). The first-order valence-electron chi connectivity index (χ1n) is 6.14. The van der Waals surface area contributed by atoms with Crippen molar-refractivity contribution in [3.05, 3.63) is 51.7 Å². The first-order valence-corrected chi connectivity index (χ1v) is 7.08. The molecule has 1 amide bonds. The number of carbonyl (C=O) groups is 1. The van der Waals surface area contributed by atoms with Crippen LogP contribution in [0.1, 0.15) is 21.5 Å². The molecule has 1 aromatic carbocycles. The van der Waals surface area contributed by atoms with E-state index in [2.05, 4.69) is 5.32 Å². The minimum atomic E-state index is -4.57. The van der Waals surface area contributed by atoms with Crippen LogP contribution in [0.25, 0.3) is 0 Å². The molecule has 0 fully saturated rings. The molecular formula is C14H13F3N2OS. The highest BCUT2D eigenvalue weighted by molar-refractivity contribution is 7.07. The monoisotopic (exact) mass is 314 g/mol. The van der Waals surface area contributed by atoms with Crippen LogP contribution in [0.4, 0.5) is 18.9 Å². The molecule has 112 valence electrons.